The van der Waals surface area contributed by atoms with Gasteiger partial charge in [-0.2, -0.15) is 0 Å². The zero-order valence-electron chi connectivity index (χ0n) is 19.1. The number of nitrogens with one attached hydrogen (secondary N) is 1. The molecule has 0 spiro atoms. The average molecular weight is 650 g/mol. The first-order valence-electron chi connectivity index (χ1n) is 10.5. The second-order valence-corrected chi connectivity index (χ2v) is 12.0. The standard InChI is InChI=1S/C23H29BrIN3O4S/c1-5-16(2)26-23(30)17(3)27(14-18-6-8-19(24)9-7-18)22(29)15-28(33(4,31)32)21-12-10-20(25)11-13-21/h6-13,16-17H,5,14-15H2,1-4H3,(H,26,30)/t16-,17+/m1/s1. The summed E-state index contributed by atoms with van der Waals surface area (Å²) in [6.45, 7) is 5.28. The maximum atomic E-state index is 13.4. The van der Waals surface area contributed by atoms with E-state index < -0.39 is 28.5 Å². The maximum Gasteiger partial charge on any atom is 0.244 e. The van der Waals surface area contributed by atoms with Crippen LogP contribution in [0.3, 0.4) is 0 Å². The molecule has 10 heteroatoms. The van der Waals surface area contributed by atoms with Crippen LogP contribution in [0.25, 0.3) is 0 Å². The highest BCUT2D eigenvalue weighted by Gasteiger charge is 2.30. The van der Waals surface area contributed by atoms with Crippen molar-refractivity contribution in [3.05, 3.63) is 62.1 Å². The normalized spacial score (nSPS) is 13.2. The first-order chi connectivity index (χ1) is 15.4. The van der Waals surface area contributed by atoms with Gasteiger partial charge in [-0.3, -0.25) is 13.9 Å². The van der Waals surface area contributed by atoms with Crippen LogP contribution in [0.2, 0.25) is 0 Å². The lowest BCUT2D eigenvalue weighted by Crippen LogP contribution is -2.52. The van der Waals surface area contributed by atoms with Crippen LogP contribution in [0, 0.1) is 3.57 Å². The van der Waals surface area contributed by atoms with E-state index >= 15 is 0 Å². The Kier molecular flexibility index (Phi) is 10.2. The summed E-state index contributed by atoms with van der Waals surface area (Å²) in [6.07, 6.45) is 1.82. The lowest BCUT2D eigenvalue weighted by atomic mass is 10.1. The number of rotatable bonds is 10. The van der Waals surface area contributed by atoms with Gasteiger partial charge in [-0.1, -0.05) is 35.0 Å². The van der Waals surface area contributed by atoms with E-state index in [0.29, 0.717) is 5.69 Å². The van der Waals surface area contributed by atoms with Gasteiger partial charge in [0, 0.05) is 20.6 Å². The Balaban J connectivity index is 2.36. The van der Waals surface area contributed by atoms with E-state index in [9.17, 15) is 18.0 Å². The predicted molar refractivity (Wildman–Crippen MR) is 143 cm³/mol. The number of hydrogen-bond donors (Lipinski definition) is 1. The molecule has 0 heterocycles. The van der Waals surface area contributed by atoms with Gasteiger partial charge in [-0.05, 0) is 84.8 Å². The molecule has 33 heavy (non-hydrogen) atoms. The van der Waals surface area contributed by atoms with Crippen molar-refractivity contribution in [1.82, 2.24) is 10.2 Å². The number of amides is 2. The summed E-state index contributed by atoms with van der Waals surface area (Å²) >= 11 is 5.52. The molecular formula is C23H29BrIN3O4S. The number of carbonyl (C=O) groups excluding carboxylic acids is 2. The third-order valence-corrected chi connectivity index (χ3v) is 7.62. The largest absolute Gasteiger partial charge is 0.352 e. The van der Waals surface area contributed by atoms with Gasteiger partial charge in [-0.15, -0.1) is 0 Å². The number of hydrogen-bond acceptors (Lipinski definition) is 4. The van der Waals surface area contributed by atoms with Crippen LogP contribution in [0.1, 0.15) is 32.8 Å². The molecule has 0 saturated carbocycles. The third-order valence-electron chi connectivity index (χ3n) is 5.23. The molecular weight excluding hydrogens is 621 g/mol. The first kappa shape index (κ1) is 27.6. The Hall–Kier alpha value is -1.66. The van der Waals surface area contributed by atoms with Crippen LogP contribution >= 0.6 is 38.5 Å². The maximum absolute atomic E-state index is 13.4. The molecule has 180 valence electrons. The van der Waals surface area contributed by atoms with Crippen LogP contribution < -0.4 is 9.62 Å². The molecule has 2 aromatic carbocycles. The van der Waals surface area contributed by atoms with E-state index in [0.717, 1.165) is 30.6 Å². The van der Waals surface area contributed by atoms with E-state index in [-0.39, 0.29) is 18.5 Å². The summed E-state index contributed by atoms with van der Waals surface area (Å²) in [7, 11) is -3.73. The molecule has 0 unspecified atom stereocenters. The molecule has 0 fully saturated rings. The van der Waals surface area contributed by atoms with Crippen molar-refractivity contribution in [3.63, 3.8) is 0 Å². The quantitative estimate of drug-likeness (QED) is 0.392. The van der Waals surface area contributed by atoms with Crippen molar-refractivity contribution in [2.75, 3.05) is 17.1 Å². The van der Waals surface area contributed by atoms with E-state index in [1.165, 1.54) is 4.90 Å². The highest BCUT2D eigenvalue weighted by molar-refractivity contribution is 14.1. The zero-order valence-corrected chi connectivity index (χ0v) is 23.6. The van der Waals surface area contributed by atoms with Gasteiger partial charge in [0.05, 0.1) is 11.9 Å². The second-order valence-electron chi connectivity index (χ2n) is 7.89. The summed E-state index contributed by atoms with van der Waals surface area (Å²) in [5.41, 5.74) is 1.22. The fourth-order valence-corrected chi connectivity index (χ4v) is 4.53. The summed E-state index contributed by atoms with van der Waals surface area (Å²) in [4.78, 5) is 27.7. The van der Waals surface area contributed by atoms with E-state index in [4.69, 9.17) is 0 Å². The molecule has 0 aromatic heterocycles. The average Bonchev–Trinajstić information content (AvgIpc) is 2.76. The van der Waals surface area contributed by atoms with Gasteiger partial charge in [0.1, 0.15) is 12.6 Å². The summed E-state index contributed by atoms with van der Waals surface area (Å²) in [6, 6.07) is 13.5. The monoisotopic (exact) mass is 649 g/mol. The predicted octanol–water partition coefficient (Wildman–Crippen LogP) is 4.15. The minimum atomic E-state index is -3.73. The third kappa shape index (κ3) is 8.25. The lowest BCUT2D eigenvalue weighted by Gasteiger charge is -2.32. The molecule has 2 atom stereocenters. The molecule has 0 aliphatic heterocycles. The summed E-state index contributed by atoms with van der Waals surface area (Å²) in [5, 5.41) is 2.91. The molecule has 0 aliphatic rings. The van der Waals surface area contributed by atoms with Crippen LogP contribution in [0.15, 0.2) is 53.0 Å². The smallest absolute Gasteiger partial charge is 0.244 e. The number of halogens is 2. The van der Waals surface area contributed by atoms with Crippen molar-refractivity contribution in [2.24, 2.45) is 0 Å². The summed E-state index contributed by atoms with van der Waals surface area (Å²) in [5.74, 6) is -0.747. The van der Waals surface area contributed by atoms with Gasteiger partial charge in [0.15, 0.2) is 0 Å². The fraction of sp³-hybridized carbons (Fsp3) is 0.391. The Morgan fingerprint density at radius 3 is 2.15 bits per heavy atom. The molecule has 0 radical (unpaired) electrons. The fourth-order valence-electron chi connectivity index (χ4n) is 3.06. The molecule has 0 bridgehead atoms. The van der Waals surface area contributed by atoms with Gasteiger partial charge in [0.2, 0.25) is 21.8 Å². The molecule has 0 aliphatic carbocycles. The van der Waals surface area contributed by atoms with Crippen molar-refractivity contribution in [1.29, 1.82) is 0 Å². The van der Waals surface area contributed by atoms with Crippen molar-refractivity contribution < 1.29 is 18.0 Å². The van der Waals surface area contributed by atoms with Crippen molar-refractivity contribution >= 4 is 66.0 Å². The SMILES string of the molecule is CC[C@@H](C)NC(=O)[C@H](C)N(Cc1ccc(Br)cc1)C(=O)CN(c1ccc(I)cc1)S(C)(=O)=O. The molecule has 2 amide bonds. The number of benzene rings is 2. The number of carbonyl (C=O) groups is 2. The Labute approximate surface area is 218 Å². The van der Waals surface area contributed by atoms with E-state index in [1.807, 2.05) is 38.1 Å². The van der Waals surface area contributed by atoms with Crippen molar-refractivity contribution in [2.45, 2.75) is 45.8 Å². The molecule has 7 nitrogen and oxygen atoms in total. The topological polar surface area (TPSA) is 86.8 Å². The van der Waals surface area contributed by atoms with Crippen molar-refractivity contribution in [3.8, 4) is 0 Å². The highest BCUT2D eigenvalue weighted by atomic mass is 127. The van der Waals surface area contributed by atoms with Crippen LogP contribution in [-0.2, 0) is 26.2 Å². The highest BCUT2D eigenvalue weighted by Crippen LogP contribution is 2.21. The number of anilines is 1. The minimum Gasteiger partial charge on any atom is -0.352 e. The Bertz CT molecular complexity index is 1060. The van der Waals surface area contributed by atoms with Gasteiger partial charge >= 0.3 is 0 Å². The van der Waals surface area contributed by atoms with Gasteiger partial charge in [-0.25, -0.2) is 8.42 Å². The van der Waals surface area contributed by atoms with Crippen LogP contribution in [0.5, 0.6) is 0 Å². The van der Waals surface area contributed by atoms with E-state index in [1.54, 1.807) is 31.2 Å². The van der Waals surface area contributed by atoms with Gasteiger partial charge < -0.3 is 10.2 Å². The first-order valence-corrected chi connectivity index (χ1v) is 14.2. The van der Waals surface area contributed by atoms with Crippen LogP contribution in [-0.4, -0.2) is 50.0 Å². The zero-order chi connectivity index (χ0) is 24.8. The Morgan fingerprint density at radius 1 is 1.06 bits per heavy atom. The number of nitrogens with zero attached hydrogens (tertiary/aromatic N) is 2. The van der Waals surface area contributed by atoms with Crippen LogP contribution in [0.4, 0.5) is 5.69 Å². The minimum absolute atomic E-state index is 0.0381. The molecule has 1 N–H and O–H groups in total. The molecule has 0 saturated heterocycles. The lowest BCUT2D eigenvalue weighted by molar-refractivity contribution is -0.139. The molecule has 2 aromatic rings. The van der Waals surface area contributed by atoms with Gasteiger partial charge in [0.25, 0.3) is 0 Å². The van der Waals surface area contributed by atoms with E-state index in [2.05, 4.69) is 43.8 Å². The number of sulfonamides is 1. The summed E-state index contributed by atoms with van der Waals surface area (Å²) < 4.78 is 28.0. The second kappa shape index (κ2) is 12.2. The Morgan fingerprint density at radius 2 is 1.64 bits per heavy atom. The molecule has 2 rings (SSSR count).